The summed E-state index contributed by atoms with van der Waals surface area (Å²) >= 11 is 0. The molecular formula is C23H24N2O8. The van der Waals surface area contributed by atoms with E-state index in [1.807, 2.05) is 0 Å². The highest BCUT2D eigenvalue weighted by Gasteiger charge is 2.35. The summed E-state index contributed by atoms with van der Waals surface area (Å²) in [7, 11) is 4.48. The molecule has 0 fully saturated rings. The molecule has 0 aromatic heterocycles. The van der Waals surface area contributed by atoms with Gasteiger partial charge in [-0.15, -0.1) is 0 Å². The Morgan fingerprint density at radius 1 is 0.939 bits per heavy atom. The van der Waals surface area contributed by atoms with Gasteiger partial charge in [0, 0.05) is 26.3 Å². The van der Waals surface area contributed by atoms with E-state index in [2.05, 4.69) is 5.32 Å². The zero-order chi connectivity index (χ0) is 24.0. The molecule has 2 aromatic rings. The molecule has 3 amide bonds. The zero-order valence-corrected chi connectivity index (χ0v) is 18.5. The molecule has 0 saturated heterocycles. The first-order valence-corrected chi connectivity index (χ1v) is 10.1. The number of nitrogens with one attached hydrogen (secondary N) is 1. The number of hydrogen-bond donors (Lipinski definition) is 1. The van der Waals surface area contributed by atoms with Gasteiger partial charge in [-0.05, 0) is 36.8 Å². The third-order valence-electron chi connectivity index (χ3n) is 4.95. The Bertz CT molecular complexity index is 1080. The summed E-state index contributed by atoms with van der Waals surface area (Å²) in [5.41, 5.74) is 0.753. The fourth-order valence-electron chi connectivity index (χ4n) is 3.30. The first-order valence-electron chi connectivity index (χ1n) is 10.1. The maximum atomic E-state index is 12.6. The number of anilines is 1. The van der Waals surface area contributed by atoms with Crippen molar-refractivity contribution >= 4 is 29.4 Å². The van der Waals surface area contributed by atoms with Crippen LogP contribution in [0.5, 0.6) is 11.5 Å². The van der Waals surface area contributed by atoms with Crippen LogP contribution in [0.15, 0.2) is 36.4 Å². The highest BCUT2D eigenvalue weighted by atomic mass is 16.5. The van der Waals surface area contributed by atoms with E-state index >= 15 is 0 Å². The van der Waals surface area contributed by atoms with E-state index in [0.29, 0.717) is 30.2 Å². The second-order valence-corrected chi connectivity index (χ2v) is 7.06. The van der Waals surface area contributed by atoms with Crippen LogP contribution in [0, 0.1) is 0 Å². The summed E-state index contributed by atoms with van der Waals surface area (Å²) in [4.78, 5) is 50.8. The van der Waals surface area contributed by atoms with Gasteiger partial charge in [-0.25, -0.2) is 4.79 Å². The molecule has 0 atom stereocenters. The number of methoxy groups -OCH3 is 3. The molecule has 0 spiro atoms. The summed E-state index contributed by atoms with van der Waals surface area (Å²) < 4.78 is 20.3. The molecule has 1 heterocycles. The topological polar surface area (TPSA) is 120 Å². The lowest BCUT2D eigenvalue weighted by atomic mass is 10.1. The van der Waals surface area contributed by atoms with E-state index in [1.165, 1.54) is 39.5 Å². The predicted octanol–water partition coefficient (Wildman–Crippen LogP) is 2.13. The van der Waals surface area contributed by atoms with Gasteiger partial charge in [0.1, 0.15) is 11.5 Å². The molecule has 3 rings (SSSR count). The zero-order valence-electron chi connectivity index (χ0n) is 18.5. The minimum atomic E-state index is -0.802. The van der Waals surface area contributed by atoms with Crippen LogP contribution in [0.2, 0.25) is 0 Å². The lowest BCUT2D eigenvalue weighted by Gasteiger charge is -2.12. The fraction of sp³-hybridized carbons (Fsp3) is 0.304. The second-order valence-electron chi connectivity index (χ2n) is 7.06. The standard InChI is InChI=1S/C23H24N2O8/c1-30-10-4-9-25-21(27)16-7-5-14(11-17(16)22(25)28)23(29)33-13-20(26)24-18-12-15(31-2)6-8-19(18)32-3/h5-8,11-12H,4,9-10,13H2,1-3H3,(H,24,26). The summed E-state index contributed by atoms with van der Waals surface area (Å²) in [5.74, 6) is -1.37. The summed E-state index contributed by atoms with van der Waals surface area (Å²) in [6.07, 6.45) is 0.504. The third kappa shape index (κ3) is 5.29. The molecule has 0 bridgehead atoms. The lowest BCUT2D eigenvalue weighted by molar-refractivity contribution is -0.119. The quantitative estimate of drug-likeness (QED) is 0.328. The van der Waals surface area contributed by atoms with E-state index in [0.717, 1.165) is 4.90 Å². The number of ether oxygens (including phenoxy) is 4. The van der Waals surface area contributed by atoms with Crippen LogP contribution < -0.4 is 14.8 Å². The van der Waals surface area contributed by atoms with E-state index in [1.54, 1.807) is 18.2 Å². The Balaban J connectivity index is 1.63. The van der Waals surface area contributed by atoms with Gasteiger partial charge in [0.15, 0.2) is 6.61 Å². The maximum absolute atomic E-state index is 12.6. The minimum absolute atomic E-state index is 0.0559. The lowest BCUT2D eigenvalue weighted by Crippen LogP contribution is -2.31. The van der Waals surface area contributed by atoms with Crippen LogP contribution >= 0.6 is 0 Å². The largest absolute Gasteiger partial charge is 0.497 e. The smallest absolute Gasteiger partial charge is 0.338 e. The number of carbonyl (C=O) groups is 4. The van der Waals surface area contributed by atoms with E-state index < -0.39 is 30.3 Å². The molecule has 0 aliphatic carbocycles. The first-order chi connectivity index (χ1) is 15.9. The molecule has 1 N–H and O–H groups in total. The van der Waals surface area contributed by atoms with Gasteiger partial charge in [0.05, 0.1) is 36.6 Å². The third-order valence-corrected chi connectivity index (χ3v) is 4.95. The molecule has 1 aliphatic heterocycles. The van der Waals surface area contributed by atoms with E-state index in [4.69, 9.17) is 18.9 Å². The number of esters is 1. The number of fused-ring (bicyclic) bond motifs is 1. The SMILES string of the molecule is COCCCN1C(=O)c2ccc(C(=O)OCC(=O)Nc3cc(OC)ccc3OC)cc2C1=O. The highest BCUT2D eigenvalue weighted by molar-refractivity contribution is 6.22. The van der Waals surface area contributed by atoms with Crippen molar-refractivity contribution in [3.05, 3.63) is 53.1 Å². The Morgan fingerprint density at radius 2 is 1.70 bits per heavy atom. The average Bonchev–Trinajstić information content (AvgIpc) is 3.06. The molecular weight excluding hydrogens is 432 g/mol. The number of imide groups is 1. The van der Waals surface area contributed by atoms with Gasteiger partial charge in [-0.3, -0.25) is 19.3 Å². The summed E-state index contributed by atoms with van der Waals surface area (Å²) in [6.45, 7) is 0.0643. The first kappa shape index (κ1) is 23.7. The molecule has 33 heavy (non-hydrogen) atoms. The molecule has 1 aliphatic rings. The number of nitrogens with zero attached hydrogens (tertiary/aromatic N) is 1. The fourth-order valence-corrected chi connectivity index (χ4v) is 3.30. The van der Waals surface area contributed by atoms with Crippen LogP contribution in [0.25, 0.3) is 0 Å². The van der Waals surface area contributed by atoms with Crippen LogP contribution in [0.3, 0.4) is 0 Å². The van der Waals surface area contributed by atoms with Gasteiger partial charge in [-0.1, -0.05) is 0 Å². The van der Waals surface area contributed by atoms with E-state index in [-0.39, 0.29) is 23.2 Å². The van der Waals surface area contributed by atoms with Gasteiger partial charge in [0.25, 0.3) is 17.7 Å². The van der Waals surface area contributed by atoms with Crippen molar-refractivity contribution in [2.45, 2.75) is 6.42 Å². The monoisotopic (exact) mass is 456 g/mol. The van der Waals surface area contributed by atoms with Crippen LogP contribution in [0.4, 0.5) is 5.69 Å². The number of hydrogen-bond acceptors (Lipinski definition) is 8. The van der Waals surface area contributed by atoms with Gasteiger partial charge >= 0.3 is 5.97 Å². The van der Waals surface area contributed by atoms with Crippen molar-refractivity contribution < 1.29 is 38.1 Å². The van der Waals surface area contributed by atoms with Crippen molar-refractivity contribution in [1.82, 2.24) is 4.90 Å². The predicted molar refractivity (Wildman–Crippen MR) is 117 cm³/mol. The minimum Gasteiger partial charge on any atom is -0.497 e. The Morgan fingerprint density at radius 3 is 2.39 bits per heavy atom. The molecule has 2 aromatic carbocycles. The highest BCUT2D eigenvalue weighted by Crippen LogP contribution is 2.29. The van der Waals surface area contributed by atoms with Crippen molar-refractivity contribution in [1.29, 1.82) is 0 Å². The molecule has 0 unspecified atom stereocenters. The Labute approximate surface area is 190 Å². The van der Waals surface area contributed by atoms with Gasteiger partial charge in [0.2, 0.25) is 0 Å². The maximum Gasteiger partial charge on any atom is 0.338 e. The van der Waals surface area contributed by atoms with Gasteiger partial charge < -0.3 is 24.3 Å². The normalized spacial score (nSPS) is 12.4. The molecule has 0 saturated carbocycles. The number of amides is 3. The molecule has 10 nitrogen and oxygen atoms in total. The van der Waals surface area contributed by atoms with Crippen LogP contribution in [0.1, 0.15) is 37.5 Å². The van der Waals surface area contributed by atoms with Crippen LogP contribution in [-0.2, 0) is 14.3 Å². The Hall–Kier alpha value is -3.92. The van der Waals surface area contributed by atoms with Crippen molar-refractivity contribution in [3.8, 4) is 11.5 Å². The van der Waals surface area contributed by atoms with Crippen molar-refractivity contribution in [2.24, 2.45) is 0 Å². The number of rotatable bonds is 10. The molecule has 174 valence electrons. The number of carbonyl (C=O) groups excluding carboxylic acids is 4. The summed E-state index contributed by atoms with van der Waals surface area (Å²) in [6, 6.07) is 8.96. The van der Waals surface area contributed by atoms with Crippen molar-refractivity contribution in [2.75, 3.05) is 46.4 Å². The molecule has 10 heteroatoms. The average molecular weight is 456 g/mol. The van der Waals surface area contributed by atoms with Crippen LogP contribution in [-0.4, -0.2) is 69.7 Å². The van der Waals surface area contributed by atoms with E-state index in [9.17, 15) is 19.2 Å². The molecule has 0 radical (unpaired) electrons. The Kier molecular flexibility index (Phi) is 7.62. The number of benzene rings is 2. The van der Waals surface area contributed by atoms with Crippen molar-refractivity contribution in [3.63, 3.8) is 0 Å². The summed E-state index contributed by atoms with van der Waals surface area (Å²) in [5, 5.41) is 2.59. The van der Waals surface area contributed by atoms with Gasteiger partial charge in [-0.2, -0.15) is 0 Å². The second kappa shape index (κ2) is 10.6.